The zero-order valence-electron chi connectivity index (χ0n) is 9.94. The molecule has 0 aromatic heterocycles. The maximum absolute atomic E-state index is 12.4. The van der Waals surface area contributed by atoms with E-state index in [9.17, 15) is 18.3 Å². The third-order valence-corrected chi connectivity index (χ3v) is 3.35. The molecule has 3 nitrogen and oxygen atoms in total. The highest BCUT2D eigenvalue weighted by atomic mass is 19.4. The highest BCUT2D eigenvalue weighted by Crippen LogP contribution is 2.41. The van der Waals surface area contributed by atoms with Crippen LogP contribution in [0.2, 0.25) is 0 Å². The molecule has 0 aliphatic carbocycles. The Morgan fingerprint density at radius 2 is 1.95 bits per heavy atom. The van der Waals surface area contributed by atoms with Crippen LogP contribution >= 0.6 is 0 Å². The molecule has 1 fully saturated rings. The van der Waals surface area contributed by atoms with Gasteiger partial charge in [-0.3, -0.25) is 0 Å². The lowest BCUT2D eigenvalue weighted by molar-refractivity contribution is -0.137. The molecule has 1 aliphatic heterocycles. The fourth-order valence-electron chi connectivity index (χ4n) is 2.12. The Morgan fingerprint density at radius 1 is 1.32 bits per heavy atom. The van der Waals surface area contributed by atoms with Crippen LogP contribution in [0.3, 0.4) is 0 Å². The van der Waals surface area contributed by atoms with Gasteiger partial charge in [0.05, 0.1) is 24.3 Å². The molecule has 2 unspecified atom stereocenters. The molecule has 0 radical (unpaired) electrons. The van der Waals surface area contributed by atoms with E-state index in [2.05, 4.69) is 0 Å². The van der Waals surface area contributed by atoms with Crippen molar-refractivity contribution in [3.63, 3.8) is 0 Å². The van der Waals surface area contributed by atoms with Gasteiger partial charge in [0.2, 0.25) is 0 Å². The van der Waals surface area contributed by atoms with Crippen LogP contribution < -0.4 is 0 Å². The second-order valence-corrected chi connectivity index (χ2v) is 4.59. The van der Waals surface area contributed by atoms with Crippen molar-refractivity contribution in [3.8, 4) is 6.07 Å². The summed E-state index contributed by atoms with van der Waals surface area (Å²) < 4.78 is 42.4. The van der Waals surface area contributed by atoms with Crippen molar-refractivity contribution in [2.45, 2.75) is 18.7 Å². The number of rotatable bonds is 2. The van der Waals surface area contributed by atoms with Crippen LogP contribution in [-0.4, -0.2) is 18.3 Å². The van der Waals surface area contributed by atoms with Gasteiger partial charge in [0, 0.05) is 6.61 Å². The van der Waals surface area contributed by atoms with Crippen LogP contribution in [0.15, 0.2) is 24.3 Å². The lowest BCUT2D eigenvalue weighted by atomic mass is 9.79. The predicted molar refractivity (Wildman–Crippen MR) is 59.9 cm³/mol. The van der Waals surface area contributed by atoms with Crippen molar-refractivity contribution in [1.29, 1.82) is 5.26 Å². The van der Waals surface area contributed by atoms with Gasteiger partial charge in [-0.1, -0.05) is 12.1 Å². The fraction of sp³-hybridized carbons (Fsp3) is 0.462. The van der Waals surface area contributed by atoms with E-state index in [0.717, 1.165) is 12.1 Å². The summed E-state index contributed by atoms with van der Waals surface area (Å²) in [5.74, 6) is 0. The summed E-state index contributed by atoms with van der Waals surface area (Å²) in [5, 5.41) is 19.3. The summed E-state index contributed by atoms with van der Waals surface area (Å²) >= 11 is 0. The Balaban J connectivity index is 2.25. The number of halogens is 3. The first-order valence-corrected chi connectivity index (χ1v) is 5.73. The van der Waals surface area contributed by atoms with Gasteiger partial charge >= 0.3 is 6.18 Å². The molecule has 0 amide bonds. The van der Waals surface area contributed by atoms with Crippen LogP contribution in [0.1, 0.15) is 23.7 Å². The summed E-state index contributed by atoms with van der Waals surface area (Å²) in [4.78, 5) is 0. The van der Waals surface area contributed by atoms with Crippen molar-refractivity contribution >= 4 is 0 Å². The van der Waals surface area contributed by atoms with Gasteiger partial charge in [-0.05, 0) is 24.1 Å². The minimum Gasteiger partial charge on any atom is -0.387 e. The number of benzene rings is 1. The van der Waals surface area contributed by atoms with Crippen molar-refractivity contribution in [3.05, 3.63) is 35.4 Å². The van der Waals surface area contributed by atoms with Gasteiger partial charge in [-0.25, -0.2) is 0 Å². The first-order valence-electron chi connectivity index (χ1n) is 5.73. The highest BCUT2D eigenvalue weighted by Gasteiger charge is 2.43. The van der Waals surface area contributed by atoms with E-state index in [-0.39, 0.29) is 6.61 Å². The minimum atomic E-state index is -4.41. The smallest absolute Gasteiger partial charge is 0.387 e. The summed E-state index contributed by atoms with van der Waals surface area (Å²) in [7, 11) is 0. The maximum Gasteiger partial charge on any atom is 0.416 e. The molecule has 19 heavy (non-hydrogen) atoms. The van der Waals surface area contributed by atoms with Crippen molar-refractivity contribution < 1.29 is 23.0 Å². The Labute approximate surface area is 108 Å². The molecule has 0 saturated carbocycles. The van der Waals surface area contributed by atoms with Crippen molar-refractivity contribution in [2.75, 3.05) is 13.2 Å². The van der Waals surface area contributed by atoms with E-state index < -0.39 is 23.3 Å². The Bertz CT molecular complexity index is 484. The molecule has 1 aliphatic rings. The van der Waals surface area contributed by atoms with Gasteiger partial charge in [0.1, 0.15) is 5.41 Å². The van der Waals surface area contributed by atoms with E-state index >= 15 is 0 Å². The van der Waals surface area contributed by atoms with Gasteiger partial charge in [-0.15, -0.1) is 0 Å². The highest BCUT2D eigenvalue weighted by molar-refractivity contribution is 5.29. The molecule has 1 N–H and O–H groups in total. The summed E-state index contributed by atoms with van der Waals surface area (Å²) in [6.45, 7) is 0.455. The van der Waals surface area contributed by atoms with Gasteiger partial charge < -0.3 is 9.84 Å². The molecule has 1 heterocycles. The van der Waals surface area contributed by atoms with E-state index in [1.54, 1.807) is 0 Å². The lowest BCUT2D eigenvalue weighted by Gasteiger charge is -2.25. The summed E-state index contributed by atoms with van der Waals surface area (Å²) in [6, 6.07) is 6.23. The molecule has 1 aromatic rings. The van der Waals surface area contributed by atoms with E-state index in [1.165, 1.54) is 12.1 Å². The molecule has 2 atom stereocenters. The number of nitriles is 1. The minimum absolute atomic E-state index is 0.0890. The molecular formula is C13H12F3NO2. The number of nitrogens with zero attached hydrogens (tertiary/aromatic N) is 1. The van der Waals surface area contributed by atoms with Crippen LogP contribution in [-0.2, 0) is 10.9 Å². The molecule has 1 aromatic carbocycles. The standard InChI is InChI=1S/C13H12F3NO2/c14-13(15,16)10-3-1-9(2-4-10)11(18)12(7-17)5-6-19-8-12/h1-4,11,18H,5-6,8H2. The molecule has 1 saturated heterocycles. The molecule has 6 heteroatoms. The predicted octanol–water partition coefficient (Wildman–Crippen LogP) is 2.67. The number of aliphatic hydroxyl groups excluding tert-OH is 1. The average molecular weight is 271 g/mol. The fourth-order valence-corrected chi connectivity index (χ4v) is 2.12. The summed E-state index contributed by atoms with van der Waals surface area (Å²) in [5.41, 5.74) is -1.56. The molecule has 0 spiro atoms. The molecule has 0 bridgehead atoms. The number of hydrogen-bond acceptors (Lipinski definition) is 3. The molecule has 2 rings (SSSR count). The average Bonchev–Trinajstić information content (AvgIpc) is 2.87. The maximum atomic E-state index is 12.4. The van der Waals surface area contributed by atoms with Crippen molar-refractivity contribution in [1.82, 2.24) is 0 Å². The van der Waals surface area contributed by atoms with E-state index in [0.29, 0.717) is 18.6 Å². The van der Waals surface area contributed by atoms with Gasteiger partial charge in [0.15, 0.2) is 0 Å². The SMILES string of the molecule is N#CC1(C(O)c2ccc(C(F)(F)F)cc2)CCOC1. The van der Waals surface area contributed by atoms with Gasteiger partial charge in [0.25, 0.3) is 0 Å². The number of aliphatic hydroxyl groups is 1. The normalized spacial score (nSPS) is 25.0. The van der Waals surface area contributed by atoms with E-state index in [4.69, 9.17) is 10.00 Å². The number of hydrogen-bond donors (Lipinski definition) is 1. The topological polar surface area (TPSA) is 53.2 Å². The van der Waals surface area contributed by atoms with Crippen LogP contribution in [0, 0.1) is 16.7 Å². The number of alkyl halides is 3. The first-order chi connectivity index (χ1) is 8.89. The zero-order chi connectivity index (χ0) is 14.1. The zero-order valence-corrected chi connectivity index (χ0v) is 9.94. The van der Waals surface area contributed by atoms with Crippen LogP contribution in [0.5, 0.6) is 0 Å². The third kappa shape index (κ3) is 2.57. The van der Waals surface area contributed by atoms with Crippen LogP contribution in [0.25, 0.3) is 0 Å². The largest absolute Gasteiger partial charge is 0.416 e. The van der Waals surface area contributed by atoms with Crippen molar-refractivity contribution in [2.24, 2.45) is 5.41 Å². The summed E-state index contributed by atoms with van der Waals surface area (Å²) in [6.07, 6.45) is -5.19. The monoisotopic (exact) mass is 271 g/mol. The second-order valence-electron chi connectivity index (χ2n) is 4.59. The molecule has 102 valence electrons. The Hall–Kier alpha value is -1.58. The Morgan fingerprint density at radius 3 is 2.37 bits per heavy atom. The van der Waals surface area contributed by atoms with Crippen LogP contribution in [0.4, 0.5) is 13.2 Å². The number of ether oxygens (including phenoxy) is 1. The third-order valence-electron chi connectivity index (χ3n) is 3.35. The quantitative estimate of drug-likeness (QED) is 0.899. The first kappa shape index (κ1) is 13.8. The van der Waals surface area contributed by atoms with E-state index in [1.807, 2.05) is 6.07 Å². The lowest BCUT2D eigenvalue weighted by Crippen LogP contribution is -2.27. The van der Waals surface area contributed by atoms with Gasteiger partial charge in [-0.2, -0.15) is 18.4 Å². The molecular weight excluding hydrogens is 259 g/mol. The second kappa shape index (κ2) is 4.83. The Kier molecular flexibility index (Phi) is 3.52.